The molecule has 8 rings (SSSR count). The van der Waals surface area contributed by atoms with E-state index in [0.29, 0.717) is 31.2 Å². The van der Waals surface area contributed by atoms with Crippen molar-refractivity contribution in [2.45, 2.75) is 109 Å². The number of allylic oxidation sites excluding steroid dienone is 1. The molecule has 2 amide bonds. The Morgan fingerprint density at radius 1 is 0.962 bits per heavy atom. The first-order chi connectivity index (χ1) is 25.4. The SMILES string of the molecule is COc1ccc2c(c1)C=C(c1c(C(=O)N3CC(C)OC(C)C3)ncn1C1CC1)Cn1c-2c(C2CCCCC2)c2ccc(C(=O)NS(=O)(=O)C(C)C)cc21. The fraction of sp³-hybridized carbons (Fsp3) is 0.488. The van der Waals surface area contributed by atoms with E-state index in [1.165, 1.54) is 12.0 Å². The lowest BCUT2D eigenvalue weighted by molar-refractivity contribution is -0.0587. The van der Waals surface area contributed by atoms with Crippen molar-refractivity contribution in [2.75, 3.05) is 20.2 Å². The summed E-state index contributed by atoms with van der Waals surface area (Å²) in [7, 11) is -2.17. The molecule has 4 aromatic rings. The maximum atomic E-state index is 14.4. The Balaban J connectivity index is 1.34. The molecule has 2 aromatic carbocycles. The summed E-state index contributed by atoms with van der Waals surface area (Å²) in [6.45, 7) is 8.49. The third kappa shape index (κ3) is 6.58. The van der Waals surface area contributed by atoms with Gasteiger partial charge in [-0.15, -0.1) is 0 Å². The number of hydrogen-bond donors (Lipinski definition) is 1. The molecule has 1 N–H and O–H groups in total. The van der Waals surface area contributed by atoms with Gasteiger partial charge in [-0.05, 0) is 112 Å². The van der Waals surface area contributed by atoms with E-state index in [1.54, 1.807) is 27.0 Å². The minimum atomic E-state index is -3.84. The van der Waals surface area contributed by atoms with Gasteiger partial charge >= 0.3 is 0 Å². The van der Waals surface area contributed by atoms with Crippen LogP contribution in [0.15, 0.2) is 42.7 Å². The van der Waals surface area contributed by atoms with Gasteiger partial charge in [0.25, 0.3) is 11.8 Å². The third-order valence-corrected chi connectivity index (χ3v) is 13.1. The summed E-state index contributed by atoms with van der Waals surface area (Å²) in [5.74, 6) is 0.290. The molecule has 0 bridgehead atoms. The van der Waals surface area contributed by atoms with Gasteiger partial charge in [-0.3, -0.25) is 9.59 Å². The number of amides is 2. The number of carbonyl (C=O) groups excluding carboxylic acids is 2. The van der Waals surface area contributed by atoms with Crippen LogP contribution in [0.1, 0.15) is 122 Å². The number of imidazole rings is 1. The first kappa shape index (κ1) is 35.6. The number of hydrogen-bond acceptors (Lipinski definition) is 7. The van der Waals surface area contributed by atoms with Crippen LogP contribution in [-0.4, -0.2) is 76.9 Å². The second-order valence-corrected chi connectivity index (χ2v) is 17.8. The van der Waals surface area contributed by atoms with Crippen LogP contribution in [0.25, 0.3) is 33.8 Å². The van der Waals surface area contributed by atoms with Crippen molar-refractivity contribution >= 4 is 44.4 Å². The molecule has 2 atom stereocenters. The molecule has 1 saturated heterocycles. The number of ether oxygens (including phenoxy) is 2. The van der Waals surface area contributed by atoms with Crippen molar-refractivity contribution < 1.29 is 27.5 Å². The van der Waals surface area contributed by atoms with E-state index in [-0.39, 0.29) is 29.7 Å². The fourth-order valence-corrected chi connectivity index (χ4v) is 9.20. The third-order valence-electron chi connectivity index (χ3n) is 11.4. The molecule has 4 aliphatic rings. The van der Waals surface area contributed by atoms with Crippen LogP contribution in [0.2, 0.25) is 0 Å². The minimum Gasteiger partial charge on any atom is -0.497 e. The Hall–Kier alpha value is -4.42. The molecule has 11 nitrogen and oxygen atoms in total. The van der Waals surface area contributed by atoms with Gasteiger partial charge in [0.2, 0.25) is 10.0 Å². The molecular formula is C41H49N5O6S. The number of sulfonamides is 1. The zero-order chi connectivity index (χ0) is 37.2. The first-order valence-electron chi connectivity index (χ1n) is 19.1. The van der Waals surface area contributed by atoms with E-state index in [4.69, 9.17) is 14.5 Å². The lowest BCUT2D eigenvalue weighted by atomic mass is 9.81. The number of morpholine rings is 1. The number of methoxy groups -OCH3 is 1. The molecule has 280 valence electrons. The number of aromatic nitrogens is 3. The topological polar surface area (TPSA) is 125 Å². The predicted octanol–water partition coefficient (Wildman–Crippen LogP) is 7.17. The zero-order valence-electron chi connectivity index (χ0n) is 31.2. The van der Waals surface area contributed by atoms with Crippen molar-refractivity contribution in [3.63, 3.8) is 0 Å². The number of fused-ring (bicyclic) bond motifs is 5. The highest BCUT2D eigenvalue weighted by Gasteiger charge is 2.36. The van der Waals surface area contributed by atoms with E-state index in [1.807, 2.05) is 43.3 Å². The second kappa shape index (κ2) is 13.8. The second-order valence-electron chi connectivity index (χ2n) is 15.6. The molecule has 2 aromatic heterocycles. The van der Waals surface area contributed by atoms with Crippen LogP contribution in [0.3, 0.4) is 0 Å². The van der Waals surface area contributed by atoms with Gasteiger partial charge in [0.05, 0.1) is 48.8 Å². The van der Waals surface area contributed by atoms with Crippen molar-refractivity contribution in [1.82, 2.24) is 23.7 Å². The molecule has 3 fully saturated rings. The summed E-state index contributed by atoms with van der Waals surface area (Å²) >= 11 is 0. The molecule has 2 aliphatic heterocycles. The van der Waals surface area contributed by atoms with Crippen LogP contribution in [-0.2, 0) is 21.3 Å². The summed E-state index contributed by atoms with van der Waals surface area (Å²) in [6.07, 6.45) is 11.5. The quantitative estimate of drug-likeness (QED) is 0.203. The number of nitrogens with zero attached hydrogens (tertiary/aromatic N) is 4. The van der Waals surface area contributed by atoms with Crippen LogP contribution in [0.4, 0.5) is 0 Å². The zero-order valence-corrected chi connectivity index (χ0v) is 32.0. The van der Waals surface area contributed by atoms with E-state index < -0.39 is 21.2 Å². The maximum Gasteiger partial charge on any atom is 0.274 e. The summed E-state index contributed by atoms with van der Waals surface area (Å²) in [6, 6.07) is 12.0. The largest absolute Gasteiger partial charge is 0.497 e. The van der Waals surface area contributed by atoms with Gasteiger partial charge in [0.1, 0.15) is 5.75 Å². The van der Waals surface area contributed by atoms with E-state index >= 15 is 0 Å². The van der Waals surface area contributed by atoms with Gasteiger partial charge in [0, 0.05) is 41.2 Å². The molecule has 12 heteroatoms. The Kier molecular flexibility index (Phi) is 9.25. The Labute approximate surface area is 311 Å². The van der Waals surface area contributed by atoms with Gasteiger partial charge in [-0.25, -0.2) is 18.1 Å². The summed E-state index contributed by atoms with van der Waals surface area (Å²) in [5, 5.41) is 0.303. The van der Waals surface area contributed by atoms with Crippen LogP contribution in [0, 0.1) is 0 Å². The van der Waals surface area contributed by atoms with Crippen molar-refractivity contribution in [1.29, 1.82) is 0 Å². The molecule has 4 heterocycles. The normalized spacial score (nSPS) is 20.9. The number of benzene rings is 2. The van der Waals surface area contributed by atoms with Crippen LogP contribution < -0.4 is 9.46 Å². The van der Waals surface area contributed by atoms with E-state index in [0.717, 1.165) is 83.3 Å². The van der Waals surface area contributed by atoms with Crippen molar-refractivity contribution in [3.8, 4) is 17.0 Å². The average molecular weight is 740 g/mol. The molecule has 0 radical (unpaired) electrons. The van der Waals surface area contributed by atoms with E-state index in [2.05, 4.69) is 32.1 Å². The lowest BCUT2D eigenvalue weighted by Crippen LogP contribution is -2.48. The first-order valence-corrected chi connectivity index (χ1v) is 20.6. The van der Waals surface area contributed by atoms with Crippen LogP contribution >= 0.6 is 0 Å². The minimum absolute atomic E-state index is 0.0815. The Bertz CT molecular complexity index is 2230. The van der Waals surface area contributed by atoms with Gasteiger partial charge in [-0.1, -0.05) is 25.3 Å². The van der Waals surface area contributed by atoms with Gasteiger partial charge < -0.3 is 23.5 Å². The molecule has 2 unspecified atom stereocenters. The predicted molar refractivity (Wildman–Crippen MR) is 206 cm³/mol. The summed E-state index contributed by atoms with van der Waals surface area (Å²) in [4.78, 5) is 34.7. The van der Waals surface area contributed by atoms with Crippen molar-refractivity contribution in [3.05, 3.63) is 70.8 Å². The van der Waals surface area contributed by atoms with Gasteiger partial charge in [-0.2, -0.15) is 0 Å². The number of nitrogens with one attached hydrogen (secondary N) is 1. The average Bonchev–Trinajstić information content (AvgIpc) is 3.84. The van der Waals surface area contributed by atoms with E-state index in [9.17, 15) is 18.0 Å². The Morgan fingerprint density at radius 3 is 2.38 bits per heavy atom. The number of carbonyl (C=O) groups is 2. The van der Waals surface area contributed by atoms with Crippen LogP contribution in [0.5, 0.6) is 5.75 Å². The monoisotopic (exact) mass is 739 g/mol. The molecule has 2 saturated carbocycles. The molecule has 2 aliphatic carbocycles. The standard InChI is InChI=1S/C41H49N5O6S/c1-24(2)53(49,50)43-40(47)28-11-15-34-35(19-28)45-22-30(17-29-18-32(51-5)14-16-33(29)39(45)36(34)27-9-7-6-8-10-27)38-37(42-23-46(38)31-12-13-31)41(48)44-20-25(3)52-26(4)21-44/h11,14-19,23-27,31H,6-10,12-13,20-22H2,1-5H3,(H,43,47). The molecule has 53 heavy (non-hydrogen) atoms. The maximum absolute atomic E-state index is 14.4. The number of rotatable bonds is 8. The highest BCUT2D eigenvalue weighted by molar-refractivity contribution is 7.90. The van der Waals surface area contributed by atoms with Gasteiger partial charge in [0.15, 0.2) is 5.69 Å². The van der Waals surface area contributed by atoms with Crippen molar-refractivity contribution in [2.24, 2.45) is 0 Å². The fourth-order valence-electron chi connectivity index (χ4n) is 8.59. The smallest absolute Gasteiger partial charge is 0.274 e. The highest BCUT2D eigenvalue weighted by atomic mass is 32.2. The highest BCUT2D eigenvalue weighted by Crippen LogP contribution is 2.49. The molecule has 0 spiro atoms. The molecular weight excluding hydrogens is 691 g/mol. The Morgan fingerprint density at radius 2 is 1.70 bits per heavy atom. The summed E-state index contributed by atoms with van der Waals surface area (Å²) in [5.41, 5.74) is 7.67. The lowest BCUT2D eigenvalue weighted by Gasteiger charge is -2.35. The summed E-state index contributed by atoms with van der Waals surface area (Å²) < 4.78 is 44.0.